The summed E-state index contributed by atoms with van der Waals surface area (Å²) in [6.07, 6.45) is 24.6. The minimum absolute atomic E-state index is 0.461. The molecule has 0 amide bonds. The van der Waals surface area contributed by atoms with Crippen molar-refractivity contribution in [3.63, 3.8) is 0 Å². The van der Waals surface area contributed by atoms with Crippen LogP contribution in [0.4, 0.5) is 0 Å². The Kier molecular flexibility index (Phi) is 26.5. The lowest BCUT2D eigenvalue weighted by molar-refractivity contribution is 0.484. The van der Waals surface area contributed by atoms with Gasteiger partial charge in [-0.25, -0.2) is 34.9 Å². The number of benzene rings is 12. The first-order valence-corrected chi connectivity index (χ1v) is 46.5. The SMILES string of the molecule is Clc1cc(-c2c[nH]c3ncc(-c4ccccc4Oc4ccccc4)cc23)ccn1.Clc1ccc(-c2c[nH]c3ncc(-c4ccccc4Oc4ccccc4)cc23)cn1.c1ccc(-c2cnc3[nH]cc(-c4ccccc4-c4ccccc4)c3c2)cc1.c1ccc(Oc2ccccc2-c2c[nH]c3ncc(-c4ccccc4)cc23)cc1.c1ccc(Oc2ccccc2-c2cnc3[nH]cc(-c4ccccn4)c3c2)cc1. The molecule has 0 radical (unpaired) electrons. The summed E-state index contributed by atoms with van der Waals surface area (Å²) in [7, 11) is 0. The van der Waals surface area contributed by atoms with Gasteiger partial charge in [0.05, 0.1) is 5.69 Å². The van der Waals surface area contributed by atoms with Crippen molar-refractivity contribution >= 4 is 78.4 Å². The summed E-state index contributed by atoms with van der Waals surface area (Å²) >= 11 is 12.0. The fourth-order valence-electron chi connectivity index (χ4n) is 17.0. The van der Waals surface area contributed by atoms with E-state index in [9.17, 15) is 0 Å². The molecule has 17 nitrogen and oxygen atoms in total. The molecule has 0 spiro atoms. The zero-order valence-corrected chi connectivity index (χ0v) is 77.2. The Bertz CT molecular complexity index is 8570. The van der Waals surface area contributed by atoms with Crippen LogP contribution in [0.2, 0.25) is 10.3 Å². The number of rotatable bonds is 19. The summed E-state index contributed by atoms with van der Waals surface area (Å²) in [5.74, 6) is 6.39. The van der Waals surface area contributed by atoms with Crippen molar-refractivity contribution in [3.05, 3.63) is 497 Å². The molecule has 25 rings (SSSR count). The quantitative estimate of drug-likeness (QED) is 0.0478. The topological polar surface area (TPSA) is 219 Å². The zero-order valence-electron chi connectivity index (χ0n) is 75.7. The van der Waals surface area contributed by atoms with Crippen LogP contribution in [0, 0.1) is 0 Å². The third kappa shape index (κ3) is 20.5. The molecule has 12 aromatic carbocycles. The molecule has 13 aromatic heterocycles. The molecule has 0 saturated carbocycles. The molecule has 141 heavy (non-hydrogen) atoms. The van der Waals surface area contributed by atoms with Crippen LogP contribution in [0.25, 0.3) is 178 Å². The Labute approximate surface area is 822 Å². The highest BCUT2D eigenvalue weighted by Gasteiger charge is 2.21. The molecule has 25 aromatic rings. The molecule has 0 saturated heterocycles. The maximum Gasteiger partial charge on any atom is 0.137 e. The molecular formula is C122H85Cl2N13O4. The zero-order chi connectivity index (χ0) is 94.8. The Morgan fingerprint density at radius 1 is 0.170 bits per heavy atom. The first-order valence-electron chi connectivity index (χ1n) is 45.8. The number of nitrogens with one attached hydrogen (secondary N) is 5. The van der Waals surface area contributed by atoms with Crippen molar-refractivity contribution < 1.29 is 18.9 Å². The second kappa shape index (κ2) is 42.1. The van der Waals surface area contributed by atoms with Crippen molar-refractivity contribution in [2.45, 2.75) is 0 Å². The molecule has 19 heteroatoms. The minimum Gasteiger partial charge on any atom is -0.457 e. The van der Waals surface area contributed by atoms with Crippen LogP contribution in [0.3, 0.4) is 0 Å². The van der Waals surface area contributed by atoms with Crippen LogP contribution in [0.15, 0.2) is 487 Å². The number of pyridine rings is 8. The lowest BCUT2D eigenvalue weighted by Crippen LogP contribution is -1.89. The predicted molar refractivity (Wildman–Crippen MR) is 570 cm³/mol. The number of H-pyrrole nitrogens is 5. The average molecular weight is 1870 g/mol. The lowest BCUT2D eigenvalue weighted by Gasteiger charge is -2.11. The monoisotopic (exact) mass is 1870 g/mol. The van der Waals surface area contributed by atoms with Crippen molar-refractivity contribution in [1.29, 1.82) is 0 Å². The number of fused-ring (bicyclic) bond motifs is 5. The van der Waals surface area contributed by atoms with Gasteiger partial charge in [-0.1, -0.05) is 290 Å². The van der Waals surface area contributed by atoms with Crippen LogP contribution in [-0.4, -0.2) is 64.8 Å². The fourth-order valence-corrected chi connectivity index (χ4v) is 17.3. The number of hydrogen-bond donors (Lipinski definition) is 5. The van der Waals surface area contributed by atoms with E-state index in [0.29, 0.717) is 10.3 Å². The van der Waals surface area contributed by atoms with E-state index < -0.39 is 0 Å². The third-order valence-electron chi connectivity index (χ3n) is 23.8. The van der Waals surface area contributed by atoms with Crippen LogP contribution < -0.4 is 18.9 Å². The summed E-state index contributed by atoms with van der Waals surface area (Å²) in [6, 6.07) is 135. The molecular weight excluding hydrogens is 1780 g/mol. The normalized spacial score (nSPS) is 10.9. The van der Waals surface area contributed by atoms with E-state index in [-0.39, 0.29) is 0 Å². The number of hydrogen-bond acceptors (Lipinski definition) is 12. The predicted octanol–water partition coefficient (Wildman–Crippen LogP) is 32.8. The van der Waals surface area contributed by atoms with Gasteiger partial charge in [0, 0.05) is 191 Å². The number of aromatic amines is 5. The average Bonchev–Trinajstić information content (AvgIpc) is 1.64. The molecule has 13 heterocycles. The molecule has 676 valence electrons. The molecule has 0 bridgehead atoms. The molecule has 5 N–H and O–H groups in total. The number of nitrogens with zero attached hydrogens (tertiary/aromatic N) is 8. The van der Waals surface area contributed by atoms with E-state index in [1.165, 1.54) is 27.8 Å². The van der Waals surface area contributed by atoms with Crippen LogP contribution in [0.5, 0.6) is 46.0 Å². The minimum atomic E-state index is 0.461. The molecule has 0 unspecified atom stereocenters. The molecule has 0 atom stereocenters. The highest BCUT2D eigenvalue weighted by molar-refractivity contribution is 6.30. The highest BCUT2D eigenvalue weighted by Crippen LogP contribution is 2.45. The molecule has 0 fully saturated rings. The summed E-state index contributed by atoms with van der Waals surface area (Å²) < 4.78 is 24.5. The van der Waals surface area contributed by atoms with Gasteiger partial charge in [-0.15, -0.1) is 0 Å². The Morgan fingerprint density at radius 3 is 0.872 bits per heavy atom. The Morgan fingerprint density at radius 2 is 0.475 bits per heavy atom. The first kappa shape index (κ1) is 88.9. The summed E-state index contributed by atoms with van der Waals surface area (Å²) in [6.45, 7) is 0. The number of ether oxygens (including phenoxy) is 4. The largest absolute Gasteiger partial charge is 0.457 e. The maximum absolute atomic E-state index is 6.16. The van der Waals surface area contributed by atoms with Crippen LogP contribution in [-0.2, 0) is 0 Å². The van der Waals surface area contributed by atoms with E-state index >= 15 is 0 Å². The van der Waals surface area contributed by atoms with E-state index in [1.807, 2.05) is 335 Å². The van der Waals surface area contributed by atoms with Gasteiger partial charge < -0.3 is 43.9 Å². The van der Waals surface area contributed by atoms with Crippen LogP contribution in [0.1, 0.15) is 0 Å². The lowest BCUT2D eigenvalue weighted by atomic mass is 9.94. The second-order valence-corrected chi connectivity index (χ2v) is 33.6. The number of halogens is 2. The number of para-hydroxylation sites is 8. The standard InChI is InChI=1S/C25H18N2O.C25H18N2.2C24H16ClN3O.C24H17N3O/c1-3-9-18(10-4-1)19-15-22-23(17-27-25(22)26-16-19)21-13-7-8-14-24(21)28-20-11-5-2-6-12-20;1-3-9-18(10-4-1)20-15-23-24(17-27-25(23)26-16-20)22-14-8-7-13-21(22)19-11-5-2-6-12-19;25-23-13-16(10-11-26-23)21-15-28-24-20(21)12-17(14-27-24)19-8-4-5-9-22(19)29-18-6-2-1-3-7-18;25-23-11-10-16(13-26-23)21-15-28-24-20(21)12-17(14-27-24)19-8-4-5-9-22(19)29-18-6-2-1-3-7-18;1-2-8-18(9-3-1)28-23-12-5-4-10-19(23)17-14-20-21(16-27-24(20)26-15-17)22-11-6-7-13-25-22/h1-17H,(H,26,27);1-17H,(H,26,27);2*1-15H,(H,27,28);1-16H,(H,26,27). The maximum atomic E-state index is 6.16. The summed E-state index contributed by atoms with van der Waals surface area (Å²) in [5.41, 5.74) is 27.6. The smallest absolute Gasteiger partial charge is 0.137 e. The van der Waals surface area contributed by atoms with E-state index in [4.69, 9.17) is 42.1 Å². The van der Waals surface area contributed by atoms with Gasteiger partial charge in [-0.2, -0.15) is 0 Å². The Balaban J connectivity index is 0.000000104. The third-order valence-corrected chi connectivity index (χ3v) is 24.3. The van der Waals surface area contributed by atoms with Crippen molar-refractivity contribution in [2.24, 2.45) is 0 Å². The van der Waals surface area contributed by atoms with Gasteiger partial charge in [-0.05, 0) is 173 Å². The summed E-state index contributed by atoms with van der Waals surface area (Å²) in [4.78, 5) is 52.2. The highest BCUT2D eigenvalue weighted by atomic mass is 35.5. The van der Waals surface area contributed by atoms with Crippen molar-refractivity contribution in [2.75, 3.05) is 0 Å². The van der Waals surface area contributed by atoms with Gasteiger partial charge in [0.15, 0.2) is 0 Å². The second-order valence-electron chi connectivity index (χ2n) is 32.9. The van der Waals surface area contributed by atoms with Gasteiger partial charge >= 0.3 is 0 Å². The summed E-state index contributed by atoms with van der Waals surface area (Å²) in [5, 5.41) is 6.21. The van der Waals surface area contributed by atoms with E-state index in [0.717, 1.165) is 196 Å². The van der Waals surface area contributed by atoms with Crippen LogP contribution >= 0.6 is 23.2 Å². The van der Waals surface area contributed by atoms with Gasteiger partial charge in [0.2, 0.25) is 0 Å². The van der Waals surface area contributed by atoms with Gasteiger partial charge in [0.1, 0.15) is 84.5 Å². The molecule has 0 aliphatic heterocycles. The van der Waals surface area contributed by atoms with Crippen molar-refractivity contribution in [3.8, 4) is 169 Å². The van der Waals surface area contributed by atoms with E-state index in [2.05, 4.69) is 192 Å². The number of aromatic nitrogens is 13. The van der Waals surface area contributed by atoms with Gasteiger partial charge in [-0.3, -0.25) is 4.98 Å². The first-order chi connectivity index (χ1) is 69.7. The van der Waals surface area contributed by atoms with Gasteiger partial charge in [0.25, 0.3) is 0 Å². The van der Waals surface area contributed by atoms with E-state index in [1.54, 1.807) is 24.7 Å². The fraction of sp³-hybridized carbons (Fsp3) is 0. The van der Waals surface area contributed by atoms with Crippen molar-refractivity contribution in [1.82, 2.24) is 64.8 Å². The molecule has 0 aliphatic rings. The molecule has 0 aliphatic carbocycles. The Hall–Kier alpha value is -18.7.